The van der Waals surface area contributed by atoms with E-state index in [1.165, 1.54) is 25.6 Å². The minimum atomic E-state index is -0.560. The van der Waals surface area contributed by atoms with E-state index in [0.29, 0.717) is 17.1 Å². The highest BCUT2D eigenvalue weighted by molar-refractivity contribution is 6.05. The number of furan rings is 1. The lowest BCUT2D eigenvalue weighted by Crippen LogP contribution is -1.95. The van der Waals surface area contributed by atoms with E-state index in [1.54, 1.807) is 24.3 Å². The van der Waals surface area contributed by atoms with Crippen molar-refractivity contribution < 1.29 is 23.8 Å². The molecule has 126 valence electrons. The highest BCUT2D eigenvalue weighted by Gasteiger charge is 2.13. The first-order chi connectivity index (χ1) is 12.0. The zero-order chi connectivity index (χ0) is 17.8. The van der Waals surface area contributed by atoms with Crippen molar-refractivity contribution in [1.29, 1.82) is 0 Å². The second-order valence-electron chi connectivity index (χ2n) is 5.06. The Balaban J connectivity index is 1.70. The molecule has 2 N–H and O–H groups in total. The Bertz CT molecular complexity index is 924. The average Bonchev–Trinajstić information content (AvgIpc) is 3.27. The maximum absolute atomic E-state index is 12.1. The van der Waals surface area contributed by atoms with Gasteiger partial charge in [-0.1, -0.05) is 0 Å². The van der Waals surface area contributed by atoms with Crippen LogP contribution in [0.2, 0.25) is 0 Å². The van der Waals surface area contributed by atoms with Crippen molar-refractivity contribution >= 4 is 17.3 Å². The fraction of sp³-hybridized carbons (Fsp3) is 0.0588. The maximum Gasteiger partial charge on any atom is 0.224 e. The van der Waals surface area contributed by atoms with Crippen LogP contribution in [0, 0.1) is 0 Å². The molecule has 0 spiro atoms. The van der Waals surface area contributed by atoms with Gasteiger partial charge in [0.2, 0.25) is 5.78 Å². The van der Waals surface area contributed by atoms with Gasteiger partial charge < -0.3 is 14.3 Å². The topological polar surface area (TPSA) is 118 Å². The van der Waals surface area contributed by atoms with Crippen molar-refractivity contribution in [3.63, 3.8) is 0 Å². The Labute approximate surface area is 141 Å². The Morgan fingerprint density at radius 1 is 1.24 bits per heavy atom. The predicted molar refractivity (Wildman–Crippen MR) is 86.5 cm³/mol. The lowest BCUT2D eigenvalue weighted by Gasteiger charge is -2.02. The number of rotatable bonds is 6. The highest BCUT2D eigenvalue weighted by atomic mass is 16.5. The Morgan fingerprint density at radius 3 is 2.64 bits per heavy atom. The van der Waals surface area contributed by atoms with Crippen LogP contribution in [-0.4, -0.2) is 31.9 Å². The number of hydrogen-bond donors (Lipinski definition) is 2. The number of aliphatic hydroxyl groups excluding tert-OH is 1. The van der Waals surface area contributed by atoms with Crippen molar-refractivity contribution in [1.82, 2.24) is 15.2 Å². The number of aliphatic hydroxyl groups is 1. The number of carbonyl (C=O) groups excluding carboxylic acids is 2. The molecule has 0 aliphatic carbocycles. The lowest BCUT2D eigenvalue weighted by molar-refractivity contribution is 0.101. The van der Waals surface area contributed by atoms with E-state index < -0.39 is 5.78 Å². The normalized spacial score (nSPS) is 11.3. The van der Waals surface area contributed by atoms with Crippen LogP contribution >= 0.6 is 0 Å². The third-order valence-electron chi connectivity index (χ3n) is 3.24. The molecule has 8 heteroatoms. The molecule has 3 rings (SSSR count). The van der Waals surface area contributed by atoms with Crippen molar-refractivity contribution in [2.45, 2.75) is 6.92 Å². The van der Waals surface area contributed by atoms with Crippen LogP contribution < -0.4 is 4.74 Å². The van der Waals surface area contributed by atoms with Crippen LogP contribution in [0.4, 0.5) is 0 Å². The second-order valence-corrected chi connectivity index (χ2v) is 5.06. The molecule has 0 unspecified atom stereocenters. The number of nitrogens with one attached hydrogen (secondary N) is 1. The number of Topliss-reactive ketones (excluding diaryl/α,β-unsaturated/α-hetero) is 1. The average molecular weight is 339 g/mol. The number of ether oxygens (including phenoxy) is 1. The Morgan fingerprint density at radius 2 is 2.00 bits per heavy atom. The summed E-state index contributed by atoms with van der Waals surface area (Å²) in [5, 5.41) is 15.8. The molecule has 0 bridgehead atoms. The summed E-state index contributed by atoms with van der Waals surface area (Å²) in [7, 11) is 0. The number of hydrogen-bond acceptors (Lipinski definition) is 7. The third-order valence-corrected chi connectivity index (χ3v) is 3.24. The number of benzene rings is 1. The van der Waals surface area contributed by atoms with E-state index in [2.05, 4.69) is 15.2 Å². The van der Waals surface area contributed by atoms with Gasteiger partial charge in [0.15, 0.2) is 28.9 Å². The summed E-state index contributed by atoms with van der Waals surface area (Å²) < 4.78 is 10.7. The molecule has 8 nitrogen and oxygen atoms in total. The summed E-state index contributed by atoms with van der Waals surface area (Å²) in [5.41, 5.74) is 0.573. The molecule has 1 aromatic carbocycles. The van der Waals surface area contributed by atoms with Gasteiger partial charge in [-0.05, 0) is 31.2 Å². The Kier molecular flexibility index (Phi) is 4.42. The number of aromatic nitrogens is 3. The molecule has 0 aliphatic heterocycles. The SMILES string of the molecule is CC(=O)c1ccc(Oc2coc(C(=O)C=C(O)c3ncn[nH]3)c2)cc1. The van der Waals surface area contributed by atoms with Crippen LogP contribution in [0.5, 0.6) is 11.5 Å². The lowest BCUT2D eigenvalue weighted by atomic mass is 10.1. The minimum absolute atomic E-state index is 0.0126. The molecule has 25 heavy (non-hydrogen) atoms. The van der Waals surface area contributed by atoms with Gasteiger partial charge in [0, 0.05) is 17.7 Å². The zero-order valence-corrected chi connectivity index (χ0v) is 13.1. The molecule has 0 saturated heterocycles. The molecule has 2 heterocycles. The van der Waals surface area contributed by atoms with Crippen LogP contribution in [0.15, 0.2) is 53.4 Å². The van der Waals surface area contributed by atoms with Gasteiger partial charge in [0.05, 0.1) is 0 Å². The van der Waals surface area contributed by atoms with Gasteiger partial charge in [-0.2, -0.15) is 5.10 Å². The van der Waals surface area contributed by atoms with E-state index in [1.807, 2.05) is 0 Å². The number of carbonyl (C=O) groups is 2. The van der Waals surface area contributed by atoms with E-state index in [4.69, 9.17) is 9.15 Å². The molecule has 2 aromatic heterocycles. The second kappa shape index (κ2) is 6.83. The van der Waals surface area contributed by atoms with Crippen molar-refractivity contribution in [3.05, 3.63) is 66.1 Å². The molecular weight excluding hydrogens is 326 g/mol. The molecule has 0 atom stereocenters. The van der Waals surface area contributed by atoms with Crippen LogP contribution in [-0.2, 0) is 0 Å². The smallest absolute Gasteiger partial charge is 0.224 e. The molecule has 3 aromatic rings. The Hall–Kier alpha value is -3.68. The van der Waals surface area contributed by atoms with Crippen molar-refractivity contribution in [2.24, 2.45) is 0 Å². The predicted octanol–water partition coefficient (Wildman–Crippen LogP) is 3.17. The van der Waals surface area contributed by atoms with Gasteiger partial charge in [-0.3, -0.25) is 14.7 Å². The van der Waals surface area contributed by atoms with Crippen LogP contribution in [0.1, 0.15) is 33.7 Å². The van der Waals surface area contributed by atoms with E-state index in [0.717, 1.165) is 6.08 Å². The number of ketones is 2. The van der Waals surface area contributed by atoms with E-state index >= 15 is 0 Å². The van der Waals surface area contributed by atoms with Gasteiger partial charge in [0.1, 0.15) is 18.3 Å². The monoisotopic (exact) mass is 339 g/mol. The first kappa shape index (κ1) is 16.2. The number of nitrogens with zero attached hydrogens (tertiary/aromatic N) is 2. The van der Waals surface area contributed by atoms with Gasteiger partial charge in [-0.15, -0.1) is 0 Å². The third kappa shape index (κ3) is 3.81. The molecule has 0 saturated carbocycles. The van der Waals surface area contributed by atoms with Gasteiger partial charge in [0.25, 0.3) is 0 Å². The first-order valence-corrected chi connectivity index (χ1v) is 7.21. The van der Waals surface area contributed by atoms with Crippen molar-refractivity contribution in [3.8, 4) is 11.5 Å². The first-order valence-electron chi connectivity index (χ1n) is 7.21. The van der Waals surface area contributed by atoms with E-state index in [9.17, 15) is 14.7 Å². The summed E-state index contributed by atoms with van der Waals surface area (Å²) in [6.45, 7) is 1.48. The minimum Gasteiger partial charge on any atom is -0.504 e. The molecule has 0 radical (unpaired) electrons. The summed E-state index contributed by atoms with van der Waals surface area (Å²) in [6, 6.07) is 7.96. The molecule has 0 aliphatic rings. The number of aromatic amines is 1. The molecule has 0 amide bonds. The molecule has 0 fully saturated rings. The summed E-state index contributed by atoms with van der Waals surface area (Å²) >= 11 is 0. The zero-order valence-electron chi connectivity index (χ0n) is 13.1. The quantitative estimate of drug-likeness (QED) is 0.402. The highest BCUT2D eigenvalue weighted by Crippen LogP contribution is 2.25. The molecular formula is C17H13N3O5. The summed E-state index contributed by atoms with van der Waals surface area (Å²) in [6.07, 6.45) is 3.44. The van der Waals surface area contributed by atoms with Gasteiger partial charge >= 0.3 is 0 Å². The summed E-state index contributed by atoms with van der Waals surface area (Å²) in [5.74, 6) is -0.0994. The summed E-state index contributed by atoms with van der Waals surface area (Å²) in [4.78, 5) is 27.0. The van der Waals surface area contributed by atoms with Crippen molar-refractivity contribution in [2.75, 3.05) is 0 Å². The fourth-order valence-corrected chi connectivity index (χ4v) is 1.99. The fourth-order valence-electron chi connectivity index (χ4n) is 1.99. The van der Waals surface area contributed by atoms with Crippen LogP contribution in [0.3, 0.4) is 0 Å². The van der Waals surface area contributed by atoms with Gasteiger partial charge in [-0.25, -0.2) is 4.98 Å². The maximum atomic E-state index is 12.1. The largest absolute Gasteiger partial charge is 0.504 e. The number of H-pyrrole nitrogens is 1. The van der Waals surface area contributed by atoms with E-state index in [-0.39, 0.29) is 23.1 Å². The van der Waals surface area contributed by atoms with Crippen LogP contribution in [0.25, 0.3) is 5.76 Å². The standard InChI is InChI=1S/C17H13N3O5/c1-10(21)11-2-4-12(5-3-11)25-13-6-16(24-8-13)14(22)7-15(23)17-18-9-19-20-17/h2-9,23H,1H3,(H,18,19,20). The number of allylic oxidation sites excluding steroid dienone is 1.